The predicted molar refractivity (Wildman–Crippen MR) is 104 cm³/mol. The number of hydrogen-bond acceptors (Lipinski definition) is 5. The van der Waals surface area contributed by atoms with Gasteiger partial charge in [-0.25, -0.2) is 4.79 Å². The molecule has 0 bridgehead atoms. The van der Waals surface area contributed by atoms with E-state index in [-0.39, 0.29) is 19.3 Å². The van der Waals surface area contributed by atoms with Gasteiger partial charge in [0.2, 0.25) is 0 Å². The average Bonchev–Trinajstić information content (AvgIpc) is 2.88. The number of amides is 2. The fraction of sp³-hybridized carbons (Fsp3) is 0.810. The zero-order chi connectivity index (χ0) is 20.8. The molecule has 1 heterocycles. The van der Waals surface area contributed by atoms with Crippen molar-refractivity contribution in [2.45, 2.75) is 103 Å². The smallest absolute Gasteiger partial charge is 0.333 e. The summed E-state index contributed by atoms with van der Waals surface area (Å²) in [4.78, 5) is 50.2. The standard InChI is InChI=1S/C21H35NO6/c1-17-16-18(23)22(21(17)27)28-20(26)15-13-11-9-7-5-3-2-4-6-8-10-12-14-19(24)25/h17H,2-16H2,1H3,(H,24,25). The Morgan fingerprint density at radius 3 is 1.68 bits per heavy atom. The first-order chi connectivity index (χ1) is 13.4. The van der Waals surface area contributed by atoms with Crippen molar-refractivity contribution in [3.05, 3.63) is 0 Å². The summed E-state index contributed by atoms with van der Waals surface area (Å²) in [5.41, 5.74) is 0. The SMILES string of the molecule is CC1CC(=O)N(OC(=O)CCCCCCCCCCCCCCC(=O)O)C1=O. The number of hydroxylamine groups is 2. The molecule has 0 saturated carbocycles. The van der Waals surface area contributed by atoms with Gasteiger partial charge in [0.1, 0.15) is 0 Å². The summed E-state index contributed by atoms with van der Waals surface area (Å²) in [5.74, 6) is -2.50. The zero-order valence-electron chi connectivity index (χ0n) is 17.1. The van der Waals surface area contributed by atoms with Crippen molar-refractivity contribution in [2.24, 2.45) is 5.92 Å². The summed E-state index contributed by atoms with van der Waals surface area (Å²) >= 11 is 0. The van der Waals surface area contributed by atoms with E-state index < -0.39 is 29.7 Å². The van der Waals surface area contributed by atoms with Crippen LogP contribution in [0.3, 0.4) is 0 Å². The fourth-order valence-electron chi connectivity index (χ4n) is 3.31. The topological polar surface area (TPSA) is 101 Å². The Kier molecular flexibility index (Phi) is 12.2. The third-order valence-electron chi connectivity index (χ3n) is 5.04. The summed E-state index contributed by atoms with van der Waals surface area (Å²) in [5, 5.41) is 9.18. The number of carboxylic acids is 1. The van der Waals surface area contributed by atoms with E-state index in [1.807, 2.05) is 0 Å². The van der Waals surface area contributed by atoms with Crippen LogP contribution in [0.5, 0.6) is 0 Å². The van der Waals surface area contributed by atoms with E-state index in [1.54, 1.807) is 6.92 Å². The fourth-order valence-corrected chi connectivity index (χ4v) is 3.31. The Morgan fingerprint density at radius 2 is 1.29 bits per heavy atom. The number of carbonyl (C=O) groups is 4. The van der Waals surface area contributed by atoms with Crippen LogP contribution in [0.1, 0.15) is 103 Å². The highest BCUT2D eigenvalue weighted by atomic mass is 16.7. The Morgan fingerprint density at radius 1 is 0.857 bits per heavy atom. The summed E-state index contributed by atoms with van der Waals surface area (Å²) < 4.78 is 0. The van der Waals surface area contributed by atoms with E-state index >= 15 is 0 Å². The third-order valence-corrected chi connectivity index (χ3v) is 5.04. The Balaban J connectivity index is 1.86. The third kappa shape index (κ3) is 10.4. The van der Waals surface area contributed by atoms with E-state index in [0.717, 1.165) is 38.5 Å². The van der Waals surface area contributed by atoms with E-state index in [1.165, 1.54) is 32.1 Å². The zero-order valence-corrected chi connectivity index (χ0v) is 17.1. The van der Waals surface area contributed by atoms with Crippen LogP contribution in [0.15, 0.2) is 0 Å². The summed E-state index contributed by atoms with van der Waals surface area (Å²) in [6.45, 7) is 1.65. The lowest BCUT2D eigenvalue weighted by Gasteiger charge is -2.12. The first kappa shape index (κ1) is 24.1. The Bertz CT molecular complexity index is 519. The lowest BCUT2D eigenvalue weighted by molar-refractivity contribution is -0.198. The summed E-state index contributed by atoms with van der Waals surface area (Å²) in [6.07, 6.45) is 13.4. The molecule has 160 valence electrons. The molecule has 2 amide bonds. The molecular weight excluding hydrogens is 362 g/mol. The molecule has 0 radical (unpaired) electrons. The molecule has 1 unspecified atom stereocenters. The monoisotopic (exact) mass is 397 g/mol. The normalized spacial score (nSPS) is 16.6. The first-order valence-corrected chi connectivity index (χ1v) is 10.7. The van der Waals surface area contributed by atoms with Gasteiger partial charge >= 0.3 is 11.9 Å². The highest BCUT2D eigenvalue weighted by molar-refractivity contribution is 6.02. The number of nitrogens with zero attached hydrogens (tertiary/aromatic N) is 1. The van der Waals surface area contributed by atoms with Crippen molar-refractivity contribution in [1.82, 2.24) is 5.06 Å². The second-order valence-corrected chi connectivity index (χ2v) is 7.73. The Labute approximate surface area is 167 Å². The maximum Gasteiger partial charge on any atom is 0.333 e. The number of rotatable bonds is 16. The Hall–Kier alpha value is -1.92. The molecule has 1 rings (SSSR count). The van der Waals surface area contributed by atoms with Crippen LogP contribution in [0.2, 0.25) is 0 Å². The van der Waals surface area contributed by atoms with Gasteiger partial charge in [-0.15, -0.1) is 5.06 Å². The molecule has 1 fully saturated rings. The molecule has 7 nitrogen and oxygen atoms in total. The molecule has 0 spiro atoms. The van der Waals surface area contributed by atoms with Crippen molar-refractivity contribution >= 4 is 23.8 Å². The van der Waals surface area contributed by atoms with E-state index in [9.17, 15) is 19.2 Å². The quantitative estimate of drug-likeness (QED) is 0.306. The van der Waals surface area contributed by atoms with Crippen LogP contribution in [0, 0.1) is 5.92 Å². The van der Waals surface area contributed by atoms with Gasteiger partial charge in [-0.05, 0) is 12.8 Å². The lowest BCUT2D eigenvalue weighted by Crippen LogP contribution is -2.33. The number of imide groups is 1. The number of hydrogen-bond donors (Lipinski definition) is 1. The predicted octanol–water partition coefficient (Wildman–Crippen LogP) is 4.39. The number of aliphatic carboxylic acids is 1. The molecule has 1 saturated heterocycles. The maximum absolute atomic E-state index is 11.7. The molecule has 1 atom stereocenters. The van der Waals surface area contributed by atoms with Gasteiger partial charge in [0.05, 0.1) is 0 Å². The molecule has 7 heteroatoms. The van der Waals surface area contributed by atoms with Crippen LogP contribution in [0.4, 0.5) is 0 Å². The molecule has 1 N–H and O–H groups in total. The van der Waals surface area contributed by atoms with Crippen molar-refractivity contribution in [3.63, 3.8) is 0 Å². The van der Waals surface area contributed by atoms with E-state index in [0.29, 0.717) is 11.5 Å². The first-order valence-electron chi connectivity index (χ1n) is 10.7. The van der Waals surface area contributed by atoms with Crippen LogP contribution >= 0.6 is 0 Å². The maximum atomic E-state index is 11.7. The molecule has 28 heavy (non-hydrogen) atoms. The second kappa shape index (κ2) is 14.1. The van der Waals surface area contributed by atoms with Crippen LogP contribution < -0.4 is 0 Å². The second-order valence-electron chi connectivity index (χ2n) is 7.73. The van der Waals surface area contributed by atoms with Crippen molar-refractivity contribution < 1.29 is 29.1 Å². The number of carboxylic acid groups (broad SMARTS) is 1. The van der Waals surface area contributed by atoms with Gasteiger partial charge in [-0.3, -0.25) is 14.4 Å². The molecule has 0 aromatic rings. The van der Waals surface area contributed by atoms with Gasteiger partial charge in [0, 0.05) is 25.2 Å². The largest absolute Gasteiger partial charge is 0.481 e. The minimum Gasteiger partial charge on any atom is -0.481 e. The van der Waals surface area contributed by atoms with Gasteiger partial charge in [-0.1, -0.05) is 71.1 Å². The van der Waals surface area contributed by atoms with Gasteiger partial charge in [-0.2, -0.15) is 0 Å². The molecule has 1 aliphatic heterocycles. The van der Waals surface area contributed by atoms with Crippen LogP contribution in [-0.2, 0) is 24.0 Å². The average molecular weight is 398 g/mol. The van der Waals surface area contributed by atoms with Crippen LogP contribution in [0.25, 0.3) is 0 Å². The van der Waals surface area contributed by atoms with Crippen molar-refractivity contribution in [1.29, 1.82) is 0 Å². The highest BCUT2D eigenvalue weighted by Gasteiger charge is 2.38. The summed E-state index contributed by atoms with van der Waals surface area (Å²) in [7, 11) is 0. The molecule has 0 aliphatic carbocycles. The van der Waals surface area contributed by atoms with E-state index in [4.69, 9.17) is 9.94 Å². The molecule has 0 aromatic heterocycles. The molecule has 1 aliphatic rings. The van der Waals surface area contributed by atoms with Gasteiger partial charge in [0.15, 0.2) is 0 Å². The molecule has 0 aromatic carbocycles. The minimum absolute atomic E-state index is 0.108. The number of carbonyl (C=O) groups excluding carboxylic acids is 3. The molecular formula is C21H35NO6. The van der Waals surface area contributed by atoms with Crippen molar-refractivity contribution in [3.8, 4) is 0 Å². The number of unbranched alkanes of at least 4 members (excludes halogenated alkanes) is 11. The lowest BCUT2D eigenvalue weighted by atomic mass is 10.0. The van der Waals surface area contributed by atoms with E-state index in [2.05, 4.69) is 0 Å². The van der Waals surface area contributed by atoms with Gasteiger partial charge in [0.25, 0.3) is 11.8 Å². The van der Waals surface area contributed by atoms with Gasteiger partial charge < -0.3 is 9.94 Å². The van der Waals surface area contributed by atoms with Crippen LogP contribution in [-0.4, -0.2) is 33.9 Å². The highest BCUT2D eigenvalue weighted by Crippen LogP contribution is 2.19. The summed E-state index contributed by atoms with van der Waals surface area (Å²) in [6, 6.07) is 0. The van der Waals surface area contributed by atoms with Crippen molar-refractivity contribution in [2.75, 3.05) is 0 Å². The minimum atomic E-state index is -0.705.